The Morgan fingerprint density at radius 2 is 1.88 bits per heavy atom. The summed E-state index contributed by atoms with van der Waals surface area (Å²) in [5, 5.41) is 0.459. The van der Waals surface area contributed by atoms with Crippen molar-refractivity contribution >= 4 is 46.5 Å². The largest absolute Gasteiger partial charge is 0.368 e. The number of carbonyl (C=O) groups excluding carboxylic acids is 2. The van der Waals surface area contributed by atoms with E-state index in [1.807, 2.05) is 6.07 Å². The van der Waals surface area contributed by atoms with Crippen LogP contribution in [0.2, 0.25) is 10.0 Å². The van der Waals surface area contributed by atoms with Gasteiger partial charge in [0.05, 0.1) is 16.3 Å². The summed E-state index contributed by atoms with van der Waals surface area (Å²) in [7, 11) is 1.52. The quantitative estimate of drug-likeness (QED) is 0.579. The molecule has 164 valence electrons. The maximum atomic E-state index is 14.3. The fraction of sp³-hybridized carbons (Fsp3) is 0.174. The maximum Gasteiger partial charge on any atom is 0.263 e. The molecule has 9 heteroatoms. The summed E-state index contributed by atoms with van der Waals surface area (Å²) < 4.78 is 14.3. The highest BCUT2D eigenvalue weighted by Gasteiger charge is 2.27. The number of pyridine rings is 1. The van der Waals surface area contributed by atoms with Gasteiger partial charge in [-0.05, 0) is 42.8 Å². The lowest BCUT2D eigenvalue weighted by molar-refractivity contribution is 0.0984. The summed E-state index contributed by atoms with van der Waals surface area (Å²) in [6.07, 6.45) is 2.55. The number of halogens is 3. The van der Waals surface area contributed by atoms with E-state index < -0.39 is 17.6 Å². The fourth-order valence-corrected chi connectivity index (χ4v) is 3.98. The number of benzene rings is 2. The summed E-state index contributed by atoms with van der Waals surface area (Å²) in [6, 6.07) is 10.7. The van der Waals surface area contributed by atoms with Crippen LogP contribution >= 0.6 is 23.2 Å². The lowest BCUT2D eigenvalue weighted by Crippen LogP contribution is -2.39. The lowest BCUT2D eigenvalue weighted by Gasteiger charge is -2.36. The van der Waals surface area contributed by atoms with Crippen molar-refractivity contribution in [3.05, 3.63) is 75.7 Å². The number of primary amides is 1. The van der Waals surface area contributed by atoms with Crippen LogP contribution < -0.4 is 15.5 Å². The van der Waals surface area contributed by atoms with Crippen LogP contribution in [-0.4, -0.2) is 36.9 Å². The molecular weight excluding hydrogens is 454 g/mol. The zero-order valence-corrected chi connectivity index (χ0v) is 18.6. The van der Waals surface area contributed by atoms with Crippen LogP contribution in [0.5, 0.6) is 0 Å². The van der Waals surface area contributed by atoms with E-state index in [9.17, 15) is 14.0 Å². The van der Waals surface area contributed by atoms with Gasteiger partial charge in [0, 0.05) is 48.0 Å². The highest BCUT2D eigenvalue weighted by Crippen LogP contribution is 2.37. The smallest absolute Gasteiger partial charge is 0.263 e. The Kier molecular flexibility index (Phi) is 6.04. The molecule has 0 aliphatic carbocycles. The fourth-order valence-electron chi connectivity index (χ4n) is 3.51. The first-order valence-electron chi connectivity index (χ1n) is 9.84. The molecule has 1 saturated heterocycles. The van der Waals surface area contributed by atoms with Crippen molar-refractivity contribution in [1.82, 2.24) is 4.98 Å². The number of hydrogen-bond donors (Lipinski definition) is 1. The standard InChI is InChI=1S/C23H19Cl2FN4O2/c1-29(23(32)20-17(25)4-2-5-18(20)26)22-19(30-8-3-9-30)11-14(12-28-22)15-10-13(21(27)31)6-7-16(15)24/h2,4-7,10-12H,3,8-9H2,1H3,(H2,27,31). The zero-order chi connectivity index (χ0) is 23.0. The Balaban J connectivity index is 1.78. The van der Waals surface area contributed by atoms with Gasteiger partial charge in [-0.15, -0.1) is 0 Å². The topological polar surface area (TPSA) is 79.5 Å². The molecule has 0 unspecified atom stereocenters. The van der Waals surface area contributed by atoms with Crippen LogP contribution in [-0.2, 0) is 0 Å². The molecule has 1 aliphatic rings. The summed E-state index contributed by atoms with van der Waals surface area (Å²) >= 11 is 12.5. The molecule has 2 heterocycles. The van der Waals surface area contributed by atoms with E-state index in [0.717, 1.165) is 19.5 Å². The lowest BCUT2D eigenvalue weighted by atomic mass is 10.0. The first-order chi connectivity index (χ1) is 15.3. The van der Waals surface area contributed by atoms with E-state index in [1.54, 1.807) is 24.4 Å². The maximum absolute atomic E-state index is 14.3. The Morgan fingerprint density at radius 3 is 2.50 bits per heavy atom. The van der Waals surface area contributed by atoms with E-state index in [2.05, 4.69) is 9.88 Å². The van der Waals surface area contributed by atoms with Gasteiger partial charge in [0.2, 0.25) is 5.91 Å². The van der Waals surface area contributed by atoms with Gasteiger partial charge < -0.3 is 10.6 Å². The second kappa shape index (κ2) is 8.76. The first kappa shape index (κ1) is 22.0. The van der Waals surface area contributed by atoms with E-state index >= 15 is 0 Å². The molecule has 3 aromatic rings. The monoisotopic (exact) mass is 472 g/mol. The average Bonchev–Trinajstić information content (AvgIpc) is 2.72. The number of rotatable bonds is 5. The molecule has 6 nitrogen and oxygen atoms in total. The van der Waals surface area contributed by atoms with Gasteiger partial charge in [-0.3, -0.25) is 14.5 Å². The number of amides is 2. The second-order valence-electron chi connectivity index (χ2n) is 7.43. The number of aromatic nitrogens is 1. The van der Waals surface area contributed by atoms with Crippen molar-refractivity contribution < 1.29 is 14.0 Å². The van der Waals surface area contributed by atoms with Crippen LogP contribution in [0, 0.1) is 5.82 Å². The number of hydrogen-bond acceptors (Lipinski definition) is 4. The predicted molar refractivity (Wildman–Crippen MR) is 124 cm³/mol. The van der Waals surface area contributed by atoms with Crippen molar-refractivity contribution in [2.24, 2.45) is 5.73 Å². The van der Waals surface area contributed by atoms with Gasteiger partial charge in [0.15, 0.2) is 5.82 Å². The molecule has 0 bridgehead atoms. The summed E-state index contributed by atoms with van der Waals surface area (Å²) in [6.45, 7) is 1.57. The summed E-state index contributed by atoms with van der Waals surface area (Å²) in [5.74, 6) is -1.52. The minimum absolute atomic E-state index is 0.0269. The molecule has 2 N–H and O–H groups in total. The molecule has 0 radical (unpaired) electrons. The molecule has 4 rings (SSSR count). The summed E-state index contributed by atoms with van der Waals surface area (Å²) in [4.78, 5) is 32.5. The van der Waals surface area contributed by atoms with Crippen molar-refractivity contribution in [2.45, 2.75) is 6.42 Å². The minimum atomic E-state index is -0.702. The molecule has 2 amide bonds. The Labute approximate surface area is 194 Å². The minimum Gasteiger partial charge on any atom is -0.368 e. The van der Waals surface area contributed by atoms with Crippen molar-refractivity contribution in [3.63, 3.8) is 0 Å². The normalized spacial score (nSPS) is 12.9. The molecule has 0 saturated carbocycles. The SMILES string of the molecule is CN(C(=O)c1c(F)cccc1Cl)c1ncc(-c2cc(C(N)=O)ccc2Cl)cc1N1CCC1. The first-order valence-corrected chi connectivity index (χ1v) is 10.6. The zero-order valence-electron chi connectivity index (χ0n) is 17.1. The molecular formula is C23H19Cl2FN4O2. The highest BCUT2D eigenvalue weighted by molar-refractivity contribution is 6.34. The average molecular weight is 473 g/mol. The predicted octanol–water partition coefficient (Wildman–Crippen LogP) is 4.78. The molecule has 1 aromatic heterocycles. The van der Waals surface area contributed by atoms with Crippen LogP contribution in [0.1, 0.15) is 27.1 Å². The molecule has 0 atom stereocenters. The third-order valence-electron chi connectivity index (χ3n) is 5.40. The number of carbonyl (C=O) groups is 2. The molecule has 0 spiro atoms. The number of anilines is 2. The van der Waals surface area contributed by atoms with Crippen molar-refractivity contribution in [3.8, 4) is 11.1 Å². The van der Waals surface area contributed by atoms with Gasteiger partial charge in [-0.2, -0.15) is 0 Å². The third kappa shape index (κ3) is 4.01. The van der Waals surface area contributed by atoms with Gasteiger partial charge in [-0.1, -0.05) is 29.3 Å². The molecule has 32 heavy (non-hydrogen) atoms. The summed E-state index contributed by atoms with van der Waals surface area (Å²) in [5.41, 5.74) is 7.46. The van der Waals surface area contributed by atoms with E-state index in [4.69, 9.17) is 28.9 Å². The van der Waals surface area contributed by atoms with Gasteiger partial charge in [0.1, 0.15) is 5.82 Å². The van der Waals surface area contributed by atoms with Crippen LogP contribution in [0.25, 0.3) is 11.1 Å². The second-order valence-corrected chi connectivity index (χ2v) is 8.24. The van der Waals surface area contributed by atoms with E-state index in [-0.39, 0.29) is 10.6 Å². The third-order valence-corrected chi connectivity index (χ3v) is 6.05. The van der Waals surface area contributed by atoms with E-state index in [0.29, 0.717) is 33.2 Å². The van der Waals surface area contributed by atoms with Crippen molar-refractivity contribution in [2.75, 3.05) is 29.9 Å². The van der Waals surface area contributed by atoms with Crippen molar-refractivity contribution in [1.29, 1.82) is 0 Å². The molecule has 1 fully saturated rings. The van der Waals surface area contributed by atoms with Gasteiger partial charge >= 0.3 is 0 Å². The van der Waals surface area contributed by atoms with Crippen LogP contribution in [0.4, 0.5) is 15.9 Å². The number of nitrogens with two attached hydrogens (primary N) is 1. The highest BCUT2D eigenvalue weighted by atomic mass is 35.5. The van der Waals surface area contributed by atoms with Gasteiger partial charge in [0.25, 0.3) is 5.91 Å². The van der Waals surface area contributed by atoms with Gasteiger partial charge in [-0.25, -0.2) is 9.37 Å². The molecule has 2 aromatic carbocycles. The number of nitrogens with zero attached hydrogens (tertiary/aromatic N) is 3. The van der Waals surface area contributed by atoms with Crippen LogP contribution in [0.3, 0.4) is 0 Å². The molecule has 1 aliphatic heterocycles. The Morgan fingerprint density at radius 1 is 1.12 bits per heavy atom. The Hall–Kier alpha value is -3.16. The van der Waals surface area contributed by atoms with Crippen LogP contribution in [0.15, 0.2) is 48.7 Å². The van der Waals surface area contributed by atoms with E-state index in [1.165, 1.54) is 30.1 Å². The Bertz CT molecular complexity index is 1210.